The van der Waals surface area contributed by atoms with E-state index in [-0.39, 0.29) is 17.4 Å². The highest BCUT2D eigenvalue weighted by Crippen LogP contribution is 2.32. The van der Waals surface area contributed by atoms with Crippen LogP contribution in [0.2, 0.25) is 0 Å². The van der Waals surface area contributed by atoms with Crippen molar-refractivity contribution in [3.63, 3.8) is 0 Å². The number of hydrogen-bond acceptors (Lipinski definition) is 4. The molecule has 0 aliphatic rings. The lowest BCUT2D eigenvalue weighted by molar-refractivity contribution is 0.0774. The highest BCUT2D eigenvalue weighted by molar-refractivity contribution is 5.99. The second kappa shape index (κ2) is 10.2. The average molecular weight is 469 g/mol. The Morgan fingerprint density at radius 2 is 1.63 bits per heavy atom. The summed E-state index contributed by atoms with van der Waals surface area (Å²) in [7, 11) is 0. The Kier molecular flexibility index (Phi) is 7.06. The first-order valence-corrected chi connectivity index (χ1v) is 12.1. The van der Waals surface area contributed by atoms with Crippen molar-refractivity contribution in [2.75, 3.05) is 18.4 Å². The van der Waals surface area contributed by atoms with Gasteiger partial charge in [0.05, 0.1) is 17.0 Å². The lowest BCUT2D eigenvalue weighted by atomic mass is 9.98. The maximum atomic E-state index is 13.4. The first kappa shape index (κ1) is 24.3. The van der Waals surface area contributed by atoms with Crippen molar-refractivity contribution in [3.05, 3.63) is 99.2 Å². The number of para-hydroxylation sites is 1. The number of carbonyl (C=O) groups is 1. The minimum absolute atomic E-state index is 0.00655. The summed E-state index contributed by atoms with van der Waals surface area (Å²) < 4.78 is 6.44. The second-order valence-corrected chi connectivity index (χ2v) is 8.87. The Morgan fingerprint density at radius 1 is 0.971 bits per heavy atom. The highest BCUT2D eigenvalue weighted by Gasteiger charge is 2.21. The van der Waals surface area contributed by atoms with Crippen LogP contribution in [0.15, 0.2) is 75.9 Å². The summed E-state index contributed by atoms with van der Waals surface area (Å²) in [6, 6.07) is 21.0. The molecule has 1 aromatic heterocycles. The first-order valence-electron chi connectivity index (χ1n) is 12.1. The van der Waals surface area contributed by atoms with Crippen molar-refractivity contribution < 1.29 is 9.21 Å². The van der Waals surface area contributed by atoms with Crippen LogP contribution in [0.25, 0.3) is 22.3 Å². The van der Waals surface area contributed by atoms with E-state index >= 15 is 0 Å². The van der Waals surface area contributed by atoms with E-state index in [1.807, 2.05) is 101 Å². The summed E-state index contributed by atoms with van der Waals surface area (Å²) in [4.78, 5) is 28.3. The molecule has 0 fully saturated rings. The molecule has 4 aromatic rings. The molecule has 180 valence electrons. The molecule has 0 bridgehead atoms. The Labute approximate surface area is 206 Å². The number of aryl methyl sites for hydroxylation is 1. The quantitative estimate of drug-likeness (QED) is 0.327. The van der Waals surface area contributed by atoms with Gasteiger partial charge in [0.1, 0.15) is 11.3 Å². The summed E-state index contributed by atoms with van der Waals surface area (Å²) in [6.07, 6.45) is 0. The molecule has 1 amide bonds. The number of carbonyl (C=O) groups excluding carboxylic acids is 1. The molecular formula is C30H32N2O3. The predicted molar refractivity (Wildman–Crippen MR) is 143 cm³/mol. The minimum atomic E-state index is -0.211. The van der Waals surface area contributed by atoms with E-state index in [1.165, 1.54) is 0 Å². The van der Waals surface area contributed by atoms with E-state index in [9.17, 15) is 9.59 Å². The number of fused-ring (bicyclic) bond motifs is 1. The summed E-state index contributed by atoms with van der Waals surface area (Å²) in [5.74, 6) is 0.574. The minimum Gasteiger partial charge on any atom is -0.455 e. The van der Waals surface area contributed by atoms with Crippen LogP contribution < -0.4 is 10.7 Å². The molecule has 1 atom stereocenters. The lowest BCUT2D eigenvalue weighted by Crippen LogP contribution is -2.31. The zero-order valence-electron chi connectivity index (χ0n) is 21.0. The monoisotopic (exact) mass is 468 g/mol. The average Bonchev–Trinajstić information content (AvgIpc) is 2.87. The Morgan fingerprint density at radius 3 is 2.31 bits per heavy atom. The number of anilines is 1. The van der Waals surface area contributed by atoms with E-state index < -0.39 is 0 Å². The Hall–Kier alpha value is -3.86. The molecule has 0 saturated carbocycles. The largest absolute Gasteiger partial charge is 0.455 e. The SMILES string of the molecule is CCN(CC)C(=O)c1ccccc1NC(C)c1cc(C)cc2c(=O)c(C)c(-c3ccccc3)oc12. The molecule has 0 radical (unpaired) electrons. The van der Waals surface area contributed by atoms with E-state index in [4.69, 9.17) is 4.42 Å². The van der Waals surface area contributed by atoms with Gasteiger partial charge in [0.2, 0.25) is 0 Å². The van der Waals surface area contributed by atoms with Gasteiger partial charge in [-0.3, -0.25) is 9.59 Å². The van der Waals surface area contributed by atoms with Gasteiger partial charge in [0.25, 0.3) is 5.91 Å². The zero-order chi connectivity index (χ0) is 25.1. The van der Waals surface area contributed by atoms with Crippen LogP contribution in [0, 0.1) is 13.8 Å². The normalized spacial score (nSPS) is 11.9. The zero-order valence-corrected chi connectivity index (χ0v) is 21.0. The van der Waals surface area contributed by atoms with Gasteiger partial charge in [-0.2, -0.15) is 0 Å². The van der Waals surface area contributed by atoms with Crippen molar-refractivity contribution >= 4 is 22.6 Å². The van der Waals surface area contributed by atoms with Gasteiger partial charge < -0.3 is 14.6 Å². The van der Waals surface area contributed by atoms with E-state index in [1.54, 1.807) is 4.90 Å². The maximum Gasteiger partial charge on any atom is 0.255 e. The molecule has 0 spiro atoms. The number of hydrogen-bond donors (Lipinski definition) is 1. The fraction of sp³-hybridized carbons (Fsp3) is 0.267. The molecule has 5 heteroatoms. The number of nitrogens with one attached hydrogen (secondary N) is 1. The Balaban J connectivity index is 1.82. The van der Waals surface area contributed by atoms with Gasteiger partial charge in [0.15, 0.2) is 5.43 Å². The van der Waals surface area contributed by atoms with Gasteiger partial charge in [-0.15, -0.1) is 0 Å². The topological polar surface area (TPSA) is 62.6 Å². The molecule has 3 aromatic carbocycles. The number of benzene rings is 3. The fourth-order valence-corrected chi connectivity index (χ4v) is 4.54. The molecule has 35 heavy (non-hydrogen) atoms. The van der Waals surface area contributed by atoms with Crippen molar-refractivity contribution in [1.29, 1.82) is 0 Å². The number of rotatable bonds is 7. The third-order valence-corrected chi connectivity index (χ3v) is 6.47. The van der Waals surface area contributed by atoms with E-state index in [0.717, 1.165) is 22.4 Å². The third kappa shape index (κ3) is 4.72. The Bertz CT molecular complexity index is 1420. The van der Waals surface area contributed by atoms with Crippen LogP contribution in [-0.2, 0) is 0 Å². The summed E-state index contributed by atoms with van der Waals surface area (Å²) in [6.45, 7) is 11.1. The first-order chi connectivity index (χ1) is 16.8. The highest BCUT2D eigenvalue weighted by atomic mass is 16.3. The molecule has 1 heterocycles. The second-order valence-electron chi connectivity index (χ2n) is 8.87. The van der Waals surface area contributed by atoms with Gasteiger partial charge in [0, 0.05) is 35.5 Å². The van der Waals surface area contributed by atoms with Crippen molar-refractivity contribution in [1.82, 2.24) is 4.90 Å². The molecule has 0 aliphatic heterocycles. The van der Waals surface area contributed by atoms with Crippen LogP contribution in [0.5, 0.6) is 0 Å². The van der Waals surface area contributed by atoms with Crippen LogP contribution in [0.1, 0.15) is 53.9 Å². The lowest BCUT2D eigenvalue weighted by Gasteiger charge is -2.23. The molecular weight excluding hydrogens is 436 g/mol. The predicted octanol–water partition coefficient (Wildman–Crippen LogP) is 6.73. The number of amides is 1. The smallest absolute Gasteiger partial charge is 0.255 e. The summed E-state index contributed by atoms with van der Waals surface area (Å²) in [5.41, 5.74) is 5.23. The summed E-state index contributed by atoms with van der Waals surface area (Å²) >= 11 is 0. The van der Waals surface area contributed by atoms with Gasteiger partial charge in [-0.05, 0) is 58.4 Å². The molecule has 0 aliphatic carbocycles. The molecule has 1 N–H and O–H groups in total. The maximum absolute atomic E-state index is 13.4. The van der Waals surface area contributed by atoms with Crippen molar-refractivity contribution in [3.8, 4) is 11.3 Å². The van der Waals surface area contributed by atoms with Crippen LogP contribution in [0.4, 0.5) is 5.69 Å². The van der Waals surface area contributed by atoms with Crippen molar-refractivity contribution in [2.45, 2.75) is 40.7 Å². The molecule has 4 rings (SSSR count). The molecule has 1 unspecified atom stereocenters. The van der Waals surface area contributed by atoms with E-state index in [0.29, 0.717) is 40.9 Å². The standard InChI is InChI=1S/C30H32N2O3/c1-6-32(7-2)30(34)23-15-11-12-16-26(23)31-21(5)24-17-19(3)18-25-27(33)20(4)28(35-29(24)25)22-13-9-8-10-14-22/h8-18,21,31H,6-7H2,1-5H3. The molecule has 0 saturated heterocycles. The molecule has 5 nitrogen and oxygen atoms in total. The van der Waals surface area contributed by atoms with Crippen molar-refractivity contribution in [2.24, 2.45) is 0 Å². The van der Waals surface area contributed by atoms with Crippen LogP contribution in [-0.4, -0.2) is 23.9 Å². The third-order valence-electron chi connectivity index (χ3n) is 6.47. The van der Waals surface area contributed by atoms with Gasteiger partial charge in [-0.25, -0.2) is 0 Å². The van der Waals surface area contributed by atoms with Crippen LogP contribution >= 0.6 is 0 Å². The summed E-state index contributed by atoms with van der Waals surface area (Å²) in [5, 5.41) is 4.08. The van der Waals surface area contributed by atoms with E-state index in [2.05, 4.69) is 5.32 Å². The fourth-order valence-electron chi connectivity index (χ4n) is 4.54. The van der Waals surface area contributed by atoms with Gasteiger partial charge >= 0.3 is 0 Å². The van der Waals surface area contributed by atoms with Gasteiger partial charge in [-0.1, -0.05) is 48.5 Å². The van der Waals surface area contributed by atoms with Crippen LogP contribution in [0.3, 0.4) is 0 Å². The number of nitrogens with zero attached hydrogens (tertiary/aromatic N) is 1.